The second kappa shape index (κ2) is 6.76. The van der Waals surface area contributed by atoms with Crippen LogP contribution in [0.1, 0.15) is 26.7 Å². The molecule has 2 N–H and O–H groups in total. The average Bonchev–Trinajstić information content (AvgIpc) is 2.38. The number of rotatable bonds is 7. The van der Waals surface area contributed by atoms with Crippen LogP contribution >= 0.6 is 0 Å². The van der Waals surface area contributed by atoms with Crippen LogP contribution in [0.25, 0.3) is 0 Å². The first-order valence-corrected chi connectivity index (χ1v) is 10.1. The molecule has 0 spiro atoms. The van der Waals surface area contributed by atoms with Gasteiger partial charge in [-0.25, -0.2) is 16.8 Å². The van der Waals surface area contributed by atoms with Crippen LogP contribution in [0.5, 0.6) is 0 Å². The van der Waals surface area contributed by atoms with Gasteiger partial charge in [-0.1, -0.05) is 20.3 Å². The quantitative estimate of drug-likeness (QED) is 0.762. The van der Waals surface area contributed by atoms with Crippen molar-refractivity contribution in [2.24, 2.45) is 0 Å². The van der Waals surface area contributed by atoms with Crippen molar-refractivity contribution in [2.75, 3.05) is 25.1 Å². The highest BCUT2D eigenvalue weighted by Gasteiger charge is 2.26. The second-order valence-corrected chi connectivity index (χ2v) is 8.74. The van der Waals surface area contributed by atoms with E-state index >= 15 is 0 Å². The van der Waals surface area contributed by atoms with E-state index in [2.05, 4.69) is 0 Å². The summed E-state index contributed by atoms with van der Waals surface area (Å²) in [6.07, 6.45) is 2.63. The van der Waals surface area contributed by atoms with E-state index in [0.29, 0.717) is 13.1 Å². The lowest BCUT2D eigenvalue weighted by molar-refractivity contribution is 0.419. The zero-order valence-corrected chi connectivity index (χ0v) is 14.2. The fourth-order valence-electron chi connectivity index (χ4n) is 1.89. The Morgan fingerprint density at radius 1 is 1.14 bits per heavy atom. The highest BCUT2D eigenvalue weighted by Crippen LogP contribution is 2.25. The van der Waals surface area contributed by atoms with E-state index in [4.69, 9.17) is 5.73 Å². The lowest BCUT2D eigenvalue weighted by Crippen LogP contribution is -2.32. The molecular formula is C13H22N2O4S2. The Labute approximate surface area is 126 Å². The van der Waals surface area contributed by atoms with Gasteiger partial charge in [-0.3, -0.25) is 0 Å². The van der Waals surface area contributed by atoms with E-state index in [9.17, 15) is 16.8 Å². The molecule has 0 heterocycles. The van der Waals surface area contributed by atoms with E-state index in [1.807, 2.05) is 6.92 Å². The standard InChI is InChI=1S/C13H22N2O4S2/c1-4-6-9-15(5-2)21(18,19)13-10-11(20(3,16)17)7-8-12(13)14/h7-8,10H,4-6,9,14H2,1-3H3. The van der Waals surface area contributed by atoms with Crippen molar-refractivity contribution in [1.82, 2.24) is 4.31 Å². The molecule has 8 heteroatoms. The molecule has 21 heavy (non-hydrogen) atoms. The molecule has 0 bridgehead atoms. The fraction of sp³-hybridized carbons (Fsp3) is 0.538. The topological polar surface area (TPSA) is 97.5 Å². The number of nitrogens with two attached hydrogens (primary N) is 1. The van der Waals surface area contributed by atoms with Gasteiger partial charge in [-0.05, 0) is 24.6 Å². The van der Waals surface area contributed by atoms with Gasteiger partial charge in [-0.15, -0.1) is 0 Å². The Morgan fingerprint density at radius 2 is 1.76 bits per heavy atom. The number of benzene rings is 1. The Morgan fingerprint density at radius 3 is 2.24 bits per heavy atom. The Balaban J connectivity index is 3.36. The maximum Gasteiger partial charge on any atom is 0.245 e. The van der Waals surface area contributed by atoms with Crippen LogP contribution in [0, 0.1) is 0 Å². The molecule has 120 valence electrons. The summed E-state index contributed by atoms with van der Waals surface area (Å²) in [6.45, 7) is 4.41. The van der Waals surface area contributed by atoms with E-state index in [-0.39, 0.29) is 15.5 Å². The van der Waals surface area contributed by atoms with Crippen LogP contribution in [0.2, 0.25) is 0 Å². The number of nitrogen functional groups attached to an aromatic ring is 1. The molecule has 6 nitrogen and oxygen atoms in total. The minimum Gasteiger partial charge on any atom is -0.398 e. The van der Waals surface area contributed by atoms with E-state index < -0.39 is 19.9 Å². The molecular weight excluding hydrogens is 312 g/mol. The minimum atomic E-state index is -3.79. The monoisotopic (exact) mass is 334 g/mol. The third-order valence-electron chi connectivity index (χ3n) is 3.14. The SMILES string of the molecule is CCCCN(CC)S(=O)(=O)c1cc(S(C)(=O)=O)ccc1N. The van der Waals surface area contributed by atoms with Crippen molar-refractivity contribution in [3.63, 3.8) is 0 Å². The zero-order valence-electron chi connectivity index (χ0n) is 12.5. The smallest absolute Gasteiger partial charge is 0.245 e. The van der Waals surface area contributed by atoms with Crippen molar-refractivity contribution < 1.29 is 16.8 Å². The Bertz CT molecular complexity index is 697. The maximum absolute atomic E-state index is 12.6. The molecule has 0 aliphatic carbocycles. The minimum absolute atomic E-state index is 0.0531. The van der Waals surface area contributed by atoms with Crippen molar-refractivity contribution in [3.05, 3.63) is 18.2 Å². The van der Waals surface area contributed by atoms with Crippen LogP contribution in [0.3, 0.4) is 0 Å². The highest BCUT2D eigenvalue weighted by molar-refractivity contribution is 7.91. The van der Waals surface area contributed by atoms with Gasteiger partial charge in [0.15, 0.2) is 9.84 Å². The summed E-state index contributed by atoms with van der Waals surface area (Å²) >= 11 is 0. The van der Waals surface area contributed by atoms with Crippen LogP contribution in [0.4, 0.5) is 5.69 Å². The summed E-state index contributed by atoms with van der Waals surface area (Å²) in [5, 5.41) is 0. The summed E-state index contributed by atoms with van der Waals surface area (Å²) in [7, 11) is -7.28. The lowest BCUT2D eigenvalue weighted by Gasteiger charge is -2.21. The third kappa shape index (κ3) is 4.18. The lowest BCUT2D eigenvalue weighted by atomic mass is 10.3. The maximum atomic E-state index is 12.6. The van der Waals surface area contributed by atoms with E-state index in [1.54, 1.807) is 6.92 Å². The molecule has 0 atom stereocenters. The zero-order chi connectivity index (χ0) is 16.3. The number of sulfonamides is 1. The van der Waals surface area contributed by atoms with Crippen molar-refractivity contribution >= 4 is 25.5 Å². The normalized spacial score (nSPS) is 12.8. The average molecular weight is 334 g/mol. The third-order valence-corrected chi connectivity index (χ3v) is 6.28. The summed E-state index contributed by atoms with van der Waals surface area (Å²) in [5.74, 6) is 0. The summed E-state index contributed by atoms with van der Waals surface area (Å²) in [5.41, 5.74) is 5.79. The molecule has 0 unspecified atom stereocenters. The molecule has 0 amide bonds. The number of hydrogen-bond acceptors (Lipinski definition) is 5. The number of nitrogens with zero attached hydrogens (tertiary/aromatic N) is 1. The van der Waals surface area contributed by atoms with Gasteiger partial charge in [0.05, 0.1) is 10.6 Å². The first-order valence-electron chi connectivity index (χ1n) is 6.74. The van der Waals surface area contributed by atoms with Crippen LogP contribution in [-0.2, 0) is 19.9 Å². The van der Waals surface area contributed by atoms with Crippen molar-refractivity contribution in [2.45, 2.75) is 36.5 Å². The van der Waals surface area contributed by atoms with Gasteiger partial charge in [0.2, 0.25) is 10.0 Å². The molecule has 1 aromatic carbocycles. The largest absolute Gasteiger partial charge is 0.398 e. The first kappa shape index (κ1) is 17.9. The van der Waals surface area contributed by atoms with Crippen LogP contribution < -0.4 is 5.73 Å². The van der Waals surface area contributed by atoms with Gasteiger partial charge in [0, 0.05) is 19.3 Å². The van der Waals surface area contributed by atoms with Gasteiger partial charge in [0.1, 0.15) is 4.90 Å². The number of sulfone groups is 1. The van der Waals surface area contributed by atoms with E-state index in [1.165, 1.54) is 16.4 Å². The Kier molecular flexibility index (Phi) is 5.77. The first-order chi connectivity index (χ1) is 9.64. The summed E-state index contributed by atoms with van der Waals surface area (Å²) in [4.78, 5) is -0.204. The molecule has 0 aliphatic rings. The van der Waals surface area contributed by atoms with Crippen molar-refractivity contribution in [1.29, 1.82) is 0 Å². The number of anilines is 1. The predicted molar refractivity (Wildman–Crippen MR) is 83.3 cm³/mol. The van der Waals surface area contributed by atoms with Gasteiger partial charge in [0.25, 0.3) is 0 Å². The molecule has 1 aromatic rings. The fourth-order valence-corrected chi connectivity index (χ4v) is 4.24. The summed E-state index contributed by atoms with van der Waals surface area (Å²) < 4.78 is 49.7. The molecule has 0 radical (unpaired) electrons. The molecule has 0 saturated heterocycles. The highest BCUT2D eigenvalue weighted by atomic mass is 32.2. The number of unbranched alkanes of at least 4 members (excludes halogenated alkanes) is 1. The molecule has 0 aromatic heterocycles. The molecule has 0 saturated carbocycles. The van der Waals surface area contributed by atoms with Gasteiger partial charge < -0.3 is 5.73 Å². The Hall–Kier alpha value is -1.12. The van der Waals surface area contributed by atoms with Crippen LogP contribution in [0.15, 0.2) is 28.0 Å². The van der Waals surface area contributed by atoms with E-state index in [0.717, 1.165) is 25.2 Å². The van der Waals surface area contributed by atoms with Gasteiger partial charge in [-0.2, -0.15) is 4.31 Å². The molecule has 1 rings (SSSR count). The predicted octanol–water partition coefficient (Wildman–Crippen LogP) is 1.48. The molecule has 0 fully saturated rings. The van der Waals surface area contributed by atoms with Crippen molar-refractivity contribution in [3.8, 4) is 0 Å². The van der Waals surface area contributed by atoms with Crippen LogP contribution in [-0.4, -0.2) is 40.5 Å². The van der Waals surface area contributed by atoms with Gasteiger partial charge >= 0.3 is 0 Å². The molecule has 0 aliphatic heterocycles. The summed E-state index contributed by atoms with van der Waals surface area (Å²) in [6, 6.07) is 3.76. The number of hydrogen-bond donors (Lipinski definition) is 1. The second-order valence-electron chi connectivity index (χ2n) is 4.82.